The minimum atomic E-state index is -0.564. The fourth-order valence-corrected chi connectivity index (χ4v) is 2.84. The van der Waals surface area contributed by atoms with E-state index in [-0.39, 0.29) is 12.1 Å². The molecular formula is C12H15F2NOS. The van der Waals surface area contributed by atoms with Crippen LogP contribution in [0.1, 0.15) is 5.56 Å². The summed E-state index contributed by atoms with van der Waals surface area (Å²) in [6.07, 6.45) is 0.403. The molecule has 0 aliphatic carbocycles. The average molecular weight is 259 g/mol. The molecule has 2 nitrogen and oxygen atoms in total. The van der Waals surface area contributed by atoms with Crippen molar-refractivity contribution in [3.05, 3.63) is 35.4 Å². The maximum Gasteiger partial charge on any atom is 0.126 e. The van der Waals surface area contributed by atoms with E-state index in [1.54, 1.807) is 11.8 Å². The van der Waals surface area contributed by atoms with Gasteiger partial charge in [0.15, 0.2) is 0 Å². The molecule has 2 unspecified atom stereocenters. The predicted octanol–water partition coefficient (Wildman–Crippen LogP) is 1.97. The third-order valence-corrected chi connectivity index (χ3v) is 3.73. The van der Waals surface area contributed by atoms with Gasteiger partial charge in [-0.3, -0.25) is 0 Å². The van der Waals surface area contributed by atoms with Crippen LogP contribution in [0.25, 0.3) is 0 Å². The molecule has 1 fully saturated rings. The van der Waals surface area contributed by atoms with Crippen LogP contribution in [0.4, 0.5) is 8.78 Å². The van der Waals surface area contributed by atoms with Gasteiger partial charge in [0.1, 0.15) is 11.6 Å². The summed E-state index contributed by atoms with van der Waals surface area (Å²) in [6.45, 7) is 0.695. The largest absolute Gasteiger partial charge is 0.375 e. The Morgan fingerprint density at radius 2 is 2.06 bits per heavy atom. The molecule has 0 radical (unpaired) electrons. The second-order valence-corrected chi connectivity index (χ2v) is 5.28. The van der Waals surface area contributed by atoms with E-state index in [0.717, 1.165) is 17.6 Å². The van der Waals surface area contributed by atoms with E-state index >= 15 is 0 Å². The van der Waals surface area contributed by atoms with E-state index in [1.165, 1.54) is 12.1 Å². The summed E-state index contributed by atoms with van der Waals surface area (Å²) in [5.74, 6) is 0.703. The second-order valence-electron chi connectivity index (χ2n) is 4.13. The van der Waals surface area contributed by atoms with Gasteiger partial charge in [-0.2, -0.15) is 11.8 Å². The molecule has 94 valence electrons. The number of ether oxygens (including phenoxy) is 1. The SMILES string of the molecule is NC(Cc1cc(F)cc(F)c1)C1CSCCO1. The van der Waals surface area contributed by atoms with Crippen LogP contribution in [0.15, 0.2) is 18.2 Å². The Balaban J connectivity index is 1.99. The number of benzene rings is 1. The van der Waals surface area contributed by atoms with Crippen LogP contribution in [-0.4, -0.2) is 30.3 Å². The molecule has 1 heterocycles. The topological polar surface area (TPSA) is 35.2 Å². The standard InChI is InChI=1S/C12H15F2NOS/c13-9-3-8(4-10(14)6-9)5-11(15)12-7-17-2-1-16-12/h3-4,6,11-12H,1-2,5,7,15H2. The predicted molar refractivity (Wildman–Crippen MR) is 65.1 cm³/mol. The van der Waals surface area contributed by atoms with Crippen LogP contribution in [0.3, 0.4) is 0 Å². The first-order chi connectivity index (χ1) is 8.15. The number of rotatable bonds is 3. The summed E-state index contributed by atoms with van der Waals surface area (Å²) in [7, 11) is 0. The third kappa shape index (κ3) is 3.66. The molecule has 0 spiro atoms. The van der Waals surface area contributed by atoms with Gasteiger partial charge in [-0.1, -0.05) is 0 Å². The summed E-state index contributed by atoms with van der Waals surface area (Å²) in [5, 5.41) is 0. The fourth-order valence-electron chi connectivity index (χ4n) is 1.89. The van der Waals surface area contributed by atoms with Crippen molar-refractivity contribution in [3.8, 4) is 0 Å². The zero-order valence-electron chi connectivity index (χ0n) is 9.36. The quantitative estimate of drug-likeness (QED) is 0.901. The second kappa shape index (κ2) is 5.80. The molecule has 1 aliphatic rings. The monoisotopic (exact) mass is 259 g/mol. The zero-order chi connectivity index (χ0) is 12.3. The van der Waals surface area contributed by atoms with Crippen molar-refractivity contribution in [1.82, 2.24) is 0 Å². The summed E-state index contributed by atoms with van der Waals surface area (Å²) in [6, 6.07) is 3.28. The van der Waals surface area contributed by atoms with Crippen molar-refractivity contribution >= 4 is 11.8 Å². The van der Waals surface area contributed by atoms with E-state index < -0.39 is 11.6 Å². The molecule has 0 amide bonds. The molecule has 0 bridgehead atoms. The first-order valence-electron chi connectivity index (χ1n) is 5.55. The Hall–Kier alpha value is -0.650. The lowest BCUT2D eigenvalue weighted by Crippen LogP contribution is -2.42. The first kappa shape index (κ1) is 12.8. The minimum absolute atomic E-state index is 0.0277. The molecule has 1 aliphatic heterocycles. The van der Waals surface area contributed by atoms with Crippen LogP contribution in [0.5, 0.6) is 0 Å². The smallest absolute Gasteiger partial charge is 0.126 e. The molecule has 1 aromatic carbocycles. The van der Waals surface area contributed by atoms with E-state index in [2.05, 4.69) is 0 Å². The molecule has 1 saturated heterocycles. The molecule has 2 N–H and O–H groups in total. The summed E-state index contributed by atoms with van der Waals surface area (Å²) >= 11 is 1.80. The van der Waals surface area contributed by atoms with E-state index in [1.807, 2.05) is 0 Å². The van der Waals surface area contributed by atoms with Crippen molar-refractivity contribution in [2.45, 2.75) is 18.6 Å². The molecule has 0 saturated carbocycles. The summed E-state index contributed by atoms with van der Waals surface area (Å²) in [5.41, 5.74) is 6.58. The number of thioether (sulfide) groups is 1. The molecule has 2 atom stereocenters. The lowest BCUT2D eigenvalue weighted by molar-refractivity contribution is 0.0571. The fraction of sp³-hybridized carbons (Fsp3) is 0.500. The summed E-state index contributed by atoms with van der Waals surface area (Å²) < 4.78 is 31.5. The molecule has 2 rings (SSSR count). The maximum atomic E-state index is 13.0. The number of hydrogen-bond acceptors (Lipinski definition) is 3. The highest BCUT2D eigenvalue weighted by molar-refractivity contribution is 7.99. The Labute approximate surface area is 104 Å². The highest BCUT2D eigenvalue weighted by Crippen LogP contribution is 2.17. The van der Waals surface area contributed by atoms with Crippen LogP contribution < -0.4 is 5.73 Å². The Morgan fingerprint density at radius 1 is 1.35 bits per heavy atom. The van der Waals surface area contributed by atoms with Crippen LogP contribution >= 0.6 is 11.8 Å². The number of nitrogens with two attached hydrogens (primary N) is 1. The van der Waals surface area contributed by atoms with Crippen LogP contribution in [-0.2, 0) is 11.2 Å². The van der Waals surface area contributed by atoms with Gasteiger partial charge in [-0.05, 0) is 24.1 Å². The molecule has 1 aromatic rings. The van der Waals surface area contributed by atoms with Crippen molar-refractivity contribution < 1.29 is 13.5 Å². The first-order valence-corrected chi connectivity index (χ1v) is 6.70. The third-order valence-electron chi connectivity index (χ3n) is 2.71. The molecule has 17 heavy (non-hydrogen) atoms. The number of hydrogen-bond donors (Lipinski definition) is 1. The van der Waals surface area contributed by atoms with E-state index in [4.69, 9.17) is 10.5 Å². The van der Waals surface area contributed by atoms with Crippen molar-refractivity contribution in [2.24, 2.45) is 5.73 Å². The van der Waals surface area contributed by atoms with Gasteiger partial charge < -0.3 is 10.5 Å². The van der Waals surface area contributed by atoms with Crippen LogP contribution in [0, 0.1) is 11.6 Å². The lowest BCUT2D eigenvalue weighted by atomic mass is 10.0. The number of halogens is 2. The van der Waals surface area contributed by atoms with E-state index in [0.29, 0.717) is 18.6 Å². The van der Waals surface area contributed by atoms with Gasteiger partial charge in [0.2, 0.25) is 0 Å². The van der Waals surface area contributed by atoms with Crippen LogP contribution in [0.2, 0.25) is 0 Å². The normalized spacial score (nSPS) is 22.4. The molecule has 0 aromatic heterocycles. The van der Waals surface area contributed by atoms with Crippen molar-refractivity contribution in [1.29, 1.82) is 0 Å². The van der Waals surface area contributed by atoms with Crippen molar-refractivity contribution in [3.63, 3.8) is 0 Å². The maximum absolute atomic E-state index is 13.0. The Bertz CT molecular complexity index is 363. The molecular weight excluding hydrogens is 244 g/mol. The Kier molecular flexibility index (Phi) is 4.36. The minimum Gasteiger partial charge on any atom is -0.375 e. The van der Waals surface area contributed by atoms with E-state index in [9.17, 15) is 8.78 Å². The van der Waals surface area contributed by atoms with Crippen molar-refractivity contribution in [2.75, 3.05) is 18.1 Å². The van der Waals surface area contributed by atoms with Gasteiger partial charge >= 0.3 is 0 Å². The molecule has 5 heteroatoms. The summed E-state index contributed by atoms with van der Waals surface area (Å²) in [4.78, 5) is 0. The highest BCUT2D eigenvalue weighted by atomic mass is 32.2. The van der Waals surface area contributed by atoms with Gasteiger partial charge in [0.25, 0.3) is 0 Å². The van der Waals surface area contributed by atoms with Gasteiger partial charge in [0, 0.05) is 23.6 Å². The average Bonchev–Trinajstić information content (AvgIpc) is 2.28. The lowest BCUT2D eigenvalue weighted by Gasteiger charge is -2.27. The zero-order valence-corrected chi connectivity index (χ0v) is 10.2. The Morgan fingerprint density at radius 3 is 2.65 bits per heavy atom. The van der Waals surface area contributed by atoms with Gasteiger partial charge in [0.05, 0.1) is 12.7 Å². The van der Waals surface area contributed by atoms with Gasteiger partial charge in [-0.25, -0.2) is 8.78 Å². The van der Waals surface area contributed by atoms with Gasteiger partial charge in [-0.15, -0.1) is 0 Å². The highest BCUT2D eigenvalue weighted by Gasteiger charge is 2.22.